The summed E-state index contributed by atoms with van der Waals surface area (Å²) in [4.78, 5) is 47.2. The molecule has 3 heterocycles. The summed E-state index contributed by atoms with van der Waals surface area (Å²) in [5.74, 6) is 0. The van der Waals surface area contributed by atoms with E-state index in [0.717, 1.165) is 0 Å². The molecule has 0 radical (unpaired) electrons. The monoisotopic (exact) mass is 628 g/mol. The van der Waals surface area contributed by atoms with E-state index >= 15 is 0 Å². The second-order valence-electron chi connectivity index (χ2n) is 10.00. The van der Waals surface area contributed by atoms with Crippen molar-refractivity contribution in [3.05, 3.63) is 60.7 Å². The van der Waals surface area contributed by atoms with Gasteiger partial charge in [-0.15, -0.1) is 0 Å². The fourth-order valence-corrected chi connectivity index (χ4v) is 19.3. The fourth-order valence-electron chi connectivity index (χ4n) is 4.24. The predicted octanol–water partition coefficient (Wildman–Crippen LogP) is -0.783. The third kappa shape index (κ3) is 8.44. The van der Waals surface area contributed by atoms with Gasteiger partial charge in [-0.25, -0.2) is 0 Å². The minimum Gasteiger partial charge on any atom is -0.391 e. The molecule has 3 saturated heterocycles. The van der Waals surface area contributed by atoms with Gasteiger partial charge in [0.15, 0.2) is 0 Å². The highest BCUT2D eigenvalue weighted by molar-refractivity contribution is 6.95. The smallest absolute Gasteiger partial charge is 0.391 e. The molecule has 2 aromatic carbocycles. The molecule has 0 aliphatic carbocycles. The molecule has 0 aromatic heterocycles. The lowest BCUT2D eigenvalue weighted by Gasteiger charge is -2.44. The van der Waals surface area contributed by atoms with Crippen molar-refractivity contribution in [2.24, 2.45) is 0 Å². The first-order valence-corrected chi connectivity index (χ1v) is 20.9. The van der Waals surface area contributed by atoms with Crippen LogP contribution in [0.25, 0.3) is 0 Å². The number of rotatable bonds is 14. The van der Waals surface area contributed by atoms with Crippen molar-refractivity contribution in [2.75, 3.05) is 39.6 Å². The van der Waals surface area contributed by atoms with Gasteiger partial charge in [0.2, 0.25) is 0 Å². The average Bonchev–Trinajstić information content (AvgIpc) is 3.84. The standard InChI is InChI=1S/C24H36O12Si4/c25-37(15-7-13-29-17-21-19-31-21)33-38(26,16-8-14-30-18-22-20-32-22)35-40(28,24-11-5-2-6-12-24)36-39(27,34-37)23-9-3-1-4-10-23/h1-6,9-12,21-22,25-28H,7-8,13-20H2. The highest BCUT2D eigenvalue weighted by Gasteiger charge is 2.65. The van der Waals surface area contributed by atoms with Gasteiger partial charge in [-0.1, -0.05) is 60.7 Å². The third-order valence-electron chi connectivity index (χ3n) is 6.44. The van der Waals surface area contributed by atoms with Crippen molar-refractivity contribution in [1.29, 1.82) is 0 Å². The van der Waals surface area contributed by atoms with Crippen LogP contribution in [0.3, 0.4) is 0 Å². The van der Waals surface area contributed by atoms with E-state index in [1.165, 1.54) is 0 Å². The molecule has 0 spiro atoms. The van der Waals surface area contributed by atoms with Crippen molar-refractivity contribution >= 4 is 45.6 Å². The molecule has 3 aliphatic heterocycles. The number of hydrogen-bond donors (Lipinski definition) is 4. The number of epoxide rings is 2. The van der Waals surface area contributed by atoms with Crippen LogP contribution in [-0.4, -0.2) is 106 Å². The van der Waals surface area contributed by atoms with E-state index in [4.69, 9.17) is 35.4 Å². The second-order valence-corrected chi connectivity index (χ2v) is 20.6. The van der Waals surface area contributed by atoms with Crippen LogP contribution in [0, 0.1) is 0 Å². The molecule has 16 heteroatoms. The van der Waals surface area contributed by atoms with E-state index in [9.17, 15) is 19.2 Å². The Kier molecular flexibility index (Phi) is 9.84. The minimum absolute atomic E-state index is 0.0382. The molecule has 3 fully saturated rings. The number of benzene rings is 2. The molecule has 40 heavy (non-hydrogen) atoms. The molecule has 12 nitrogen and oxygen atoms in total. The first-order chi connectivity index (χ1) is 19.2. The van der Waals surface area contributed by atoms with Crippen molar-refractivity contribution in [3.63, 3.8) is 0 Å². The van der Waals surface area contributed by atoms with E-state index in [2.05, 4.69) is 0 Å². The molecular formula is C24H36O12Si4. The van der Waals surface area contributed by atoms with Gasteiger partial charge in [0, 0.05) is 35.7 Å². The largest absolute Gasteiger partial charge is 0.520 e. The Bertz CT molecular complexity index is 1000. The fraction of sp³-hybridized carbons (Fsp3) is 0.500. The van der Waals surface area contributed by atoms with Crippen molar-refractivity contribution in [2.45, 2.75) is 37.1 Å². The van der Waals surface area contributed by atoms with Crippen LogP contribution in [0.1, 0.15) is 12.8 Å². The van der Waals surface area contributed by atoms with Crippen LogP contribution in [0.4, 0.5) is 0 Å². The highest BCUT2D eigenvalue weighted by atomic mass is 28.5. The van der Waals surface area contributed by atoms with Crippen LogP contribution in [-0.2, 0) is 35.4 Å². The lowest BCUT2D eigenvalue weighted by molar-refractivity contribution is 0.0719. The summed E-state index contributed by atoms with van der Waals surface area (Å²) in [6, 6.07) is 16.5. The number of hydrogen-bond acceptors (Lipinski definition) is 12. The van der Waals surface area contributed by atoms with Crippen LogP contribution in [0.15, 0.2) is 60.7 Å². The van der Waals surface area contributed by atoms with Crippen LogP contribution < -0.4 is 10.4 Å². The Morgan fingerprint density at radius 2 is 1.00 bits per heavy atom. The van der Waals surface area contributed by atoms with Crippen LogP contribution >= 0.6 is 0 Å². The molecular weight excluding hydrogens is 593 g/mol. The van der Waals surface area contributed by atoms with Crippen molar-refractivity contribution < 1.29 is 54.6 Å². The van der Waals surface area contributed by atoms with Gasteiger partial charge in [-0.05, 0) is 12.8 Å². The van der Waals surface area contributed by atoms with E-state index in [0.29, 0.717) is 39.3 Å². The summed E-state index contributed by atoms with van der Waals surface area (Å²) >= 11 is 0. The van der Waals surface area contributed by atoms with Gasteiger partial charge >= 0.3 is 35.2 Å². The van der Waals surface area contributed by atoms with Gasteiger partial charge in [0.25, 0.3) is 0 Å². The summed E-state index contributed by atoms with van der Waals surface area (Å²) in [5, 5.41) is 0.500. The third-order valence-corrected chi connectivity index (χ3v) is 20.1. The molecule has 2 aromatic rings. The Balaban J connectivity index is 1.39. The van der Waals surface area contributed by atoms with E-state index in [1.807, 2.05) is 0 Å². The average molecular weight is 629 g/mol. The molecule has 220 valence electrons. The van der Waals surface area contributed by atoms with E-state index < -0.39 is 35.2 Å². The summed E-state index contributed by atoms with van der Waals surface area (Å²) in [5.41, 5.74) is 0. The van der Waals surface area contributed by atoms with Gasteiger partial charge in [0.1, 0.15) is 12.2 Å². The Morgan fingerprint density at radius 3 is 1.38 bits per heavy atom. The maximum atomic E-state index is 11.9. The first-order valence-electron chi connectivity index (χ1n) is 13.4. The number of ether oxygens (including phenoxy) is 4. The lowest BCUT2D eigenvalue weighted by Crippen LogP contribution is -2.76. The van der Waals surface area contributed by atoms with Crippen LogP contribution in [0.5, 0.6) is 0 Å². The molecule has 4 N–H and O–H groups in total. The van der Waals surface area contributed by atoms with Gasteiger partial charge < -0.3 is 54.6 Å². The molecule has 6 atom stereocenters. The molecule has 0 bridgehead atoms. The minimum atomic E-state index is -4.55. The van der Waals surface area contributed by atoms with Crippen molar-refractivity contribution in [3.8, 4) is 0 Å². The normalized spacial score (nSPS) is 35.6. The van der Waals surface area contributed by atoms with Crippen molar-refractivity contribution in [1.82, 2.24) is 0 Å². The topological polar surface area (TPSA) is 161 Å². The zero-order valence-corrected chi connectivity index (χ0v) is 26.1. The molecule has 6 unspecified atom stereocenters. The summed E-state index contributed by atoms with van der Waals surface area (Å²) in [6.07, 6.45) is 0.838. The molecule has 0 saturated carbocycles. The van der Waals surface area contributed by atoms with E-state index in [1.54, 1.807) is 60.7 Å². The van der Waals surface area contributed by atoms with E-state index in [-0.39, 0.29) is 47.9 Å². The zero-order valence-electron chi connectivity index (χ0n) is 22.1. The Morgan fingerprint density at radius 1 is 0.600 bits per heavy atom. The second kappa shape index (κ2) is 13.0. The molecule has 5 rings (SSSR count). The Hall–Kier alpha value is -1.17. The predicted molar refractivity (Wildman–Crippen MR) is 148 cm³/mol. The molecule has 3 aliphatic rings. The summed E-state index contributed by atoms with van der Waals surface area (Å²) in [7, 11) is -17.8. The highest BCUT2D eigenvalue weighted by Crippen LogP contribution is 2.31. The molecule has 0 amide bonds. The first kappa shape index (κ1) is 30.3. The quantitative estimate of drug-likeness (QED) is 0.118. The lowest BCUT2D eigenvalue weighted by atomic mass is 10.4. The summed E-state index contributed by atoms with van der Waals surface area (Å²) < 4.78 is 45.7. The van der Waals surface area contributed by atoms with Gasteiger partial charge in [-0.3, -0.25) is 0 Å². The summed E-state index contributed by atoms with van der Waals surface area (Å²) in [6.45, 7) is 2.79. The Labute approximate surface area is 237 Å². The van der Waals surface area contributed by atoms with Crippen LogP contribution in [0.2, 0.25) is 12.1 Å². The zero-order chi connectivity index (χ0) is 28.1. The maximum absolute atomic E-state index is 11.9. The van der Waals surface area contributed by atoms with Gasteiger partial charge in [-0.2, -0.15) is 0 Å². The maximum Gasteiger partial charge on any atom is 0.520 e. The SMILES string of the molecule is O[Si]1(CCCOCC2CO2)O[Si](O)(CCCOCC2CO2)O[Si](O)(c2ccccc2)O[Si](O)(c2ccccc2)O1. The van der Waals surface area contributed by atoms with Gasteiger partial charge in [0.05, 0.1) is 26.4 Å².